The number of nitrogen functional groups attached to an aromatic ring is 1. The first kappa shape index (κ1) is 48.7. The van der Waals surface area contributed by atoms with Crippen molar-refractivity contribution in [3.8, 4) is 0 Å². The first-order valence-corrected chi connectivity index (χ1v) is 22.3. The normalized spacial score (nSPS) is 17.6. The lowest BCUT2D eigenvalue weighted by Gasteiger charge is -2.40. The predicted octanol–water partition coefficient (Wildman–Crippen LogP) is 7.62. The van der Waals surface area contributed by atoms with E-state index in [0.29, 0.717) is 30.1 Å². The molecule has 0 aliphatic carbocycles. The Labute approximate surface area is 350 Å². The number of aromatic nitrogens is 1. The van der Waals surface area contributed by atoms with Crippen LogP contribution in [-0.4, -0.2) is 94.5 Å². The van der Waals surface area contributed by atoms with E-state index in [2.05, 4.69) is 36.3 Å². The maximum Gasteiger partial charge on any atom is 0.309 e. The van der Waals surface area contributed by atoms with Crippen molar-refractivity contribution in [3.05, 3.63) is 45.7 Å². The zero-order valence-electron chi connectivity index (χ0n) is 36.4. The number of unbranched alkanes of at least 4 members (excludes halogenated alkanes) is 3. The van der Waals surface area contributed by atoms with Crippen molar-refractivity contribution in [1.82, 2.24) is 25.4 Å². The van der Waals surface area contributed by atoms with Crippen LogP contribution in [0.15, 0.2) is 23.6 Å². The van der Waals surface area contributed by atoms with Crippen molar-refractivity contribution in [2.24, 2.45) is 17.3 Å². The van der Waals surface area contributed by atoms with Crippen LogP contribution in [0.2, 0.25) is 0 Å². The van der Waals surface area contributed by atoms with E-state index in [1.165, 1.54) is 23.5 Å². The average molecular weight is 831 g/mol. The van der Waals surface area contributed by atoms with Crippen molar-refractivity contribution in [3.63, 3.8) is 0 Å². The Morgan fingerprint density at radius 2 is 1.83 bits per heavy atom. The summed E-state index contributed by atoms with van der Waals surface area (Å²) in [4.78, 5) is 63.2. The molecule has 2 heterocycles. The molecule has 6 atom stereocenters. The van der Waals surface area contributed by atoms with Crippen LogP contribution in [0, 0.1) is 23.1 Å². The largest absolute Gasteiger partial charge is 0.481 e. The third-order valence-corrected chi connectivity index (χ3v) is 12.6. The Hall–Kier alpha value is -3.62. The van der Waals surface area contributed by atoms with Gasteiger partial charge in [-0.05, 0) is 96.0 Å². The highest BCUT2D eigenvalue weighted by Crippen LogP contribution is 2.32. The van der Waals surface area contributed by atoms with Gasteiger partial charge in [0.25, 0.3) is 5.91 Å². The zero-order chi connectivity index (χ0) is 43.2. The molecule has 1 aliphatic heterocycles. The average Bonchev–Trinajstić information content (AvgIpc) is 3.67. The first-order chi connectivity index (χ1) is 27.4. The Morgan fingerprint density at radius 3 is 2.43 bits per heavy atom. The van der Waals surface area contributed by atoms with Crippen LogP contribution in [0.5, 0.6) is 0 Å². The van der Waals surface area contributed by atoms with Gasteiger partial charge in [0.15, 0.2) is 0 Å². The van der Waals surface area contributed by atoms with Crippen molar-refractivity contribution < 1.29 is 33.4 Å². The number of rotatable bonds is 24. The molecule has 326 valence electrons. The van der Waals surface area contributed by atoms with E-state index < -0.39 is 41.3 Å². The Morgan fingerprint density at radius 1 is 1.10 bits per heavy atom. The van der Waals surface area contributed by atoms with Gasteiger partial charge in [0.1, 0.15) is 28.7 Å². The van der Waals surface area contributed by atoms with E-state index in [-0.39, 0.29) is 60.0 Å². The number of piperidine rings is 1. The zero-order valence-corrected chi connectivity index (χ0v) is 37.3. The molecular formula is C44H71FN6O6S. The maximum atomic E-state index is 14.9. The number of aliphatic carboxylic acids is 1. The van der Waals surface area contributed by atoms with Crippen molar-refractivity contribution in [2.75, 3.05) is 32.5 Å². The third kappa shape index (κ3) is 14.0. The summed E-state index contributed by atoms with van der Waals surface area (Å²) < 4.78 is 20.7. The van der Waals surface area contributed by atoms with E-state index in [1.807, 2.05) is 32.7 Å². The molecular weight excluding hydrogens is 760 g/mol. The van der Waals surface area contributed by atoms with Gasteiger partial charge < -0.3 is 31.1 Å². The number of amides is 3. The summed E-state index contributed by atoms with van der Waals surface area (Å²) in [6, 6.07) is 2.58. The van der Waals surface area contributed by atoms with E-state index in [1.54, 1.807) is 25.3 Å². The highest BCUT2D eigenvalue weighted by molar-refractivity contribution is 7.09. The maximum absolute atomic E-state index is 14.9. The number of carbonyl (C=O) groups is 4. The topological polar surface area (TPSA) is 167 Å². The predicted molar refractivity (Wildman–Crippen MR) is 229 cm³/mol. The molecule has 0 bridgehead atoms. The number of carboxylic acids is 1. The Bertz CT molecular complexity index is 1640. The number of likely N-dealkylation sites (tertiary alicyclic amines) is 1. The van der Waals surface area contributed by atoms with Gasteiger partial charge in [-0.25, -0.2) is 9.37 Å². The van der Waals surface area contributed by atoms with Crippen LogP contribution >= 0.6 is 11.3 Å². The number of carbonyl (C=O) groups excluding carboxylic acids is 3. The van der Waals surface area contributed by atoms with Gasteiger partial charge in [0, 0.05) is 37.0 Å². The quantitative estimate of drug-likeness (QED) is 0.0615. The summed E-state index contributed by atoms with van der Waals surface area (Å²) in [5.41, 5.74) is 5.23. The first-order valence-electron chi connectivity index (χ1n) is 21.4. The summed E-state index contributed by atoms with van der Waals surface area (Å²) in [5, 5.41) is 18.3. The van der Waals surface area contributed by atoms with Crippen molar-refractivity contribution in [1.29, 1.82) is 0 Å². The van der Waals surface area contributed by atoms with Gasteiger partial charge in [0.05, 0.1) is 17.1 Å². The number of hydrogen-bond donors (Lipinski definition) is 4. The summed E-state index contributed by atoms with van der Waals surface area (Å²) in [6.45, 7) is 17.3. The lowest BCUT2D eigenvalue weighted by Crippen LogP contribution is -2.59. The van der Waals surface area contributed by atoms with Crippen molar-refractivity contribution in [2.45, 2.75) is 156 Å². The van der Waals surface area contributed by atoms with E-state index in [4.69, 9.17) is 15.5 Å². The fourth-order valence-corrected chi connectivity index (χ4v) is 8.60. The molecule has 0 spiro atoms. The highest BCUT2D eigenvalue weighted by Gasteiger charge is 2.38. The van der Waals surface area contributed by atoms with Gasteiger partial charge in [-0.1, -0.05) is 72.8 Å². The number of nitrogens with zero attached hydrogens (tertiary/aromatic N) is 3. The number of likely N-dealkylation sites (N-methyl/N-ethyl adjacent to an activating group) is 1. The molecule has 1 aromatic heterocycles. The number of nitrogens with one attached hydrogen (secondary N) is 2. The molecule has 3 amide bonds. The van der Waals surface area contributed by atoms with Crippen LogP contribution in [0.4, 0.5) is 10.1 Å². The second-order valence-corrected chi connectivity index (χ2v) is 18.0. The Kier molecular flexibility index (Phi) is 19.5. The lowest BCUT2D eigenvalue weighted by atomic mass is 9.84. The summed E-state index contributed by atoms with van der Waals surface area (Å²) in [5.74, 6) is -2.30. The third-order valence-electron chi connectivity index (χ3n) is 11.6. The van der Waals surface area contributed by atoms with Crippen molar-refractivity contribution >= 4 is 40.7 Å². The number of halogens is 1. The summed E-state index contributed by atoms with van der Waals surface area (Å²) in [6.07, 6.45) is 7.66. The molecule has 5 N–H and O–H groups in total. The van der Waals surface area contributed by atoms with Gasteiger partial charge in [-0.3, -0.25) is 24.1 Å². The molecule has 1 aliphatic rings. The summed E-state index contributed by atoms with van der Waals surface area (Å²) >= 11 is 1.30. The number of ether oxygens (including phenoxy) is 1. The minimum absolute atomic E-state index is 0.00235. The Balaban J connectivity index is 1.91. The minimum Gasteiger partial charge on any atom is -0.481 e. The molecule has 12 nitrogen and oxygen atoms in total. The van der Waals surface area contributed by atoms with E-state index in [9.17, 15) is 28.7 Å². The smallest absolute Gasteiger partial charge is 0.309 e. The fraction of sp³-hybridized carbons (Fsp3) is 0.705. The number of thiazole rings is 1. The molecule has 2 aromatic rings. The number of benzene rings is 1. The van der Waals surface area contributed by atoms with Crippen LogP contribution in [-0.2, 0) is 25.5 Å². The lowest BCUT2D eigenvalue weighted by molar-refractivity contribution is -0.147. The molecule has 1 aromatic carbocycles. The summed E-state index contributed by atoms with van der Waals surface area (Å²) in [7, 11) is 1.97. The highest BCUT2D eigenvalue weighted by atomic mass is 32.1. The van der Waals surface area contributed by atoms with Crippen LogP contribution in [0.25, 0.3) is 0 Å². The molecule has 1 saturated heterocycles. The monoisotopic (exact) mass is 831 g/mol. The second kappa shape index (κ2) is 23.2. The molecule has 1 fully saturated rings. The van der Waals surface area contributed by atoms with Crippen LogP contribution in [0.3, 0.4) is 0 Å². The van der Waals surface area contributed by atoms with Gasteiger partial charge in [0.2, 0.25) is 11.8 Å². The molecule has 14 heteroatoms. The van der Waals surface area contributed by atoms with Gasteiger partial charge in [-0.15, -0.1) is 11.3 Å². The molecule has 1 unspecified atom stereocenters. The molecule has 0 radical (unpaired) electrons. The molecule has 58 heavy (non-hydrogen) atoms. The second-order valence-electron chi connectivity index (χ2n) is 17.1. The minimum atomic E-state index is -1.17. The van der Waals surface area contributed by atoms with Crippen LogP contribution < -0.4 is 16.4 Å². The number of hydrogen-bond acceptors (Lipinski definition) is 9. The number of nitrogens with two attached hydrogens (primary N) is 1. The fourth-order valence-electron chi connectivity index (χ4n) is 7.74. The number of anilines is 1. The SMILES string of the molecule is CCCCCCN(C(=O)[C@@H](NC(=O)C1CCCCN1C)[C@@H](C)CC)[C@H](C[C@@H](OCC)c1nc(C(=O)N[C@@H](Cc2ccc(N)c(F)c2)CC(C)(C)C(=O)O)cs1)C(C)C. The molecule has 0 saturated carbocycles. The standard InChI is InChI=1S/C44H71FN6O6S/c1-10-13-14-16-22-51(42(54)38(29(6)11-2)49-40(53)35-18-15-17-21-50(35)9)36(28(4)5)25-37(57-12-3)41-48-34(27-58-41)39(52)47-31(26-44(7,8)43(55)56)23-30-19-20-33(46)32(45)24-30/h19-20,24,27-29,31,35-38H,10-18,21-23,25-26,46H2,1-9H3,(H,47,52)(H,49,53)(H,55,56)/t29-,31-,35?,36+,37+,38-/m0/s1. The van der Waals surface area contributed by atoms with E-state index >= 15 is 0 Å². The van der Waals surface area contributed by atoms with Crippen LogP contribution in [0.1, 0.15) is 147 Å². The van der Waals surface area contributed by atoms with Gasteiger partial charge in [-0.2, -0.15) is 0 Å². The van der Waals surface area contributed by atoms with Gasteiger partial charge >= 0.3 is 5.97 Å². The number of carboxylic acid groups (broad SMARTS) is 1. The molecule has 3 rings (SSSR count). The van der Waals surface area contributed by atoms with E-state index in [0.717, 1.165) is 57.9 Å².